The maximum Gasteiger partial charge on any atom is 0.352 e. The zero-order chi connectivity index (χ0) is 30.1. The van der Waals surface area contributed by atoms with E-state index >= 15 is 0 Å². The quantitative estimate of drug-likeness (QED) is 0.0611. The van der Waals surface area contributed by atoms with Gasteiger partial charge in [0.1, 0.15) is 23.4 Å². The molecule has 2 aliphatic rings. The number of nitrogens with two attached hydrogens (primary N) is 1. The van der Waals surface area contributed by atoms with Crippen LogP contribution >= 0.6 is 34.9 Å². The van der Waals surface area contributed by atoms with Gasteiger partial charge in [-0.25, -0.2) is 14.9 Å². The molecule has 2 aromatic heterocycles. The lowest BCUT2D eigenvalue weighted by atomic mass is 9.98. The Morgan fingerprint density at radius 3 is 2.73 bits per heavy atom. The minimum atomic E-state index is -1.90. The molecule has 2 amide bonds. The van der Waals surface area contributed by atoms with Crippen LogP contribution in [0.1, 0.15) is 19.5 Å². The summed E-state index contributed by atoms with van der Waals surface area (Å²) in [5, 5.41) is 23.4. The molecular weight excluding hydrogens is 600 g/mol. The number of thiazole rings is 1. The number of methoxy groups -OCH3 is 1. The van der Waals surface area contributed by atoms with Gasteiger partial charge in [-0.05, 0) is 11.5 Å². The van der Waals surface area contributed by atoms with Crippen molar-refractivity contribution in [3.8, 4) is 0 Å². The van der Waals surface area contributed by atoms with Crippen LogP contribution in [0.3, 0.4) is 0 Å². The number of carboxylic acids is 1. The molecule has 41 heavy (non-hydrogen) atoms. The van der Waals surface area contributed by atoms with E-state index in [2.05, 4.69) is 25.7 Å². The second kappa shape index (κ2) is 12.0. The number of carbonyl (C=O) groups is 3. The molecule has 0 aromatic carbocycles. The third-order valence-electron chi connectivity index (χ3n) is 5.89. The molecule has 4 heterocycles. The molecule has 220 valence electrons. The number of nitrogens with zero attached hydrogens (tertiary/aromatic N) is 5. The first kappa shape index (κ1) is 30.3. The molecule has 4 rings (SSSR count). The Hall–Kier alpha value is -3.68. The summed E-state index contributed by atoms with van der Waals surface area (Å²) in [6.07, 6.45) is 0. The molecule has 2 aromatic rings. The molecule has 5 N–H and O–H groups in total. The summed E-state index contributed by atoms with van der Waals surface area (Å²) in [5.41, 5.74) is 2.13. The number of amides is 2. The van der Waals surface area contributed by atoms with Crippen LogP contribution in [0.2, 0.25) is 0 Å². The summed E-state index contributed by atoms with van der Waals surface area (Å²) in [6.45, 7) is 4.01. The van der Waals surface area contributed by atoms with Gasteiger partial charge in [-0.1, -0.05) is 30.8 Å². The number of hydrogen-bond acceptors (Lipinski definition) is 14. The highest BCUT2D eigenvalue weighted by atomic mass is 32.2. The number of carbonyl (C=O) groups excluding carboxylic acids is 2. The number of hydrogen-bond donors (Lipinski definition) is 4. The number of oxime groups is 1. The molecule has 0 saturated carbocycles. The van der Waals surface area contributed by atoms with Gasteiger partial charge in [0.25, 0.3) is 17.5 Å². The summed E-state index contributed by atoms with van der Waals surface area (Å²) in [4.78, 5) is 73.0. The van der Waals surface area contributed by atoms with Crippen LogP contribution in [0, 0.1) is 5.92 Å². The van der Waals surface area contributed by atoms with E-state index in [9.17, 15) is 29.1 Å². The lowest BCUT2D eigenvalue weighted by Crippen LogP contribution is -2.81. The van der Waals surface area contributed by atoms with Crippen LogP contribution in [-0.4, -0.2) is 89.6 Å². The van der Waals surface area contributed by atoms with Gasteiger partial charge in [0.2, 0.25) is 0 Å². The first-order chi connectivity index (χ1) is 19.4. The van der Waals surface area contributed by atoms with Crippen molar-refractivity contribution in [2.75, 3.05) is 31.0 Å². The average molecular weight is 627 g/mol. The number of nitrogen functional groups attached to an aromatic ring is 1. The molecule has 19 heteroatoms. The molecule has 0 aliphatic carbocycles. The lowest BCUT2D eigenvalue weighted by Gasteiger charge is -2.55. The van der Waals surface area contributed by atoms with Crippen molar-refractivity contribution >= 4 is 63.5 Å². The fourth-order valence-corrected chi connectivity index (χ4v) is 6.92. The van der Waals surface area contributed by atoms with Gasteiger partial charge < -0.3 is 25.7 Å². The molecule has 1 fully saturated rings. The van der Waals surface area contributed by atoms with Gasteiger partial charge in [0.15, 0.2) is 16.0 Å². The Morgan fingerprint density at radius 1 is 1.39 bits per heavy atom. The predicted octanol–water partition coefficient (Wildman–Crippen LogP) is -0.611. The molecule has 0 bridgehead atoms. The van der Waals surface area contributed by atoms with Gasteiger partial charge >= 0.3 is 17.1 Å². The Balaban J connectivity index is 1.59. The second-order valence-electron chi connectivity index (χ2n) is 9.18. The van der Waals surface area contributed by atoms with E-state index in [1.165, 1.54) is 31.3 Å². The maximum atomic E-state index is 13.5. The SMILES string of the molecule is COC1(NC(=O)/C(=N/OCC(C)C)c2csc(N)n2)C(=O)N2C(C(=O)O)=C(CSc3n[nH]c(=O)c(=O)n3C)CSC21. The largest absolute Gasteiger partial charge is 0.477 e. The van der Waals surface area contributed by atoms with E-state index < -0.39 is 40.0 Å². The Labute approximate surface area is 244 Å². The standard InChI is InChI=1S/C22H26N8O8S3/c1-9(2)5-38-28-12(11-8-40-20(23)24-11)14(31)25-22(37-4)18(36)30-13(17(34)35)10(6-39-19(22)30)7-41-21-27-26-15(32)16(33)29(21)3/h8-9,19H,5-7H2,1-4H3,(H2,23,24)(H,25,31)(H,26,32)(H,34,35)/b28-12+. The van der Waals surface area contributed by atoms with Crippen molar-refractivity contribution in [1.29, 1.82) is 0 Å². The Morgan fingerprint density at radius 2 is 2.12 bits per heavy atom. The third kappa shape index (κ3) is 5.74. The molecule has 16 nitrogen and oxygen atoms in total. The number of carboxylic acid groups (broad SMARTS) is 1. The third-order valence-corrected chi connectivity index (χ3v) is 9.06. The van der Waals surface area contributed by atoms with E-state index in [4.69, 9.17) is 15.3 Å². The van der Waals surface area contributed by atoms with Crippen molar-refractivity contribution < 1.29 is 29.1 Å². The van der Waals surface area contributed by atoms with E-state index in [0.717, 1.165) is 32.6 Å². The number of anilines is 1. The normalized spacial score (nSPS) is 20.6. The highest BCUT2D eigenvalue weighted by Crippen LogP contribution is 2.47. The van der Waals surface area contributed by atoms with Crippen LogP contribution in [0.5, 0.6) is 0 Å². The van der Waals surface area contributed by atoms with Crippen LogP contribution in [0.4, 0.5) is 5.13 Å². The van der Waals surface area contributed by atoms with Gasteiger partial charge in [0.05, 0.1) is 0 Å². The summed E-state index contributed by atoms with van der Waals surface area (Å²) in [6, 6.07) is 0. The molecule has 2 aliphatic heterocycles. The zero-order valence-electron chi connectivity index (χ0n) is 22.2. The highest BCUT2D eigenvalue weighted by molar-refractivity contribution is 8.01. The van der Waals surface area contributed by atoms with Gasteiger partial charge in [0, 0.05) is 31.0 Å². The fraction of sp³-hybridized carbons (Fsp3) is 0.455. The van der Waals surface area contributed by atoms with Gasteiger partial charge in [-0.3, -0.25) is 28.6 Å². The number of rotatable bonds is 11. The van der Waals surface area contributed by atoms with Crippen molar-refractivity contribution in [2.45, 2.75) is 30.1 Å². The number of aromatic nitrogens is 4. The average Bonchev–Trinajstić information content (AvgIpc) is 3.36. The van der Waals surface area contributed by atoms with E-state index in [-0.39, 0.29) is 51.4 Å². The summed E-state index contributed by atoms with van der Waals surface area (Å²) < 4.78 is 6.55. The number of β-lactam (4-membered cyclic amide) rings is 1. The molecule has 1 saturated heterocycles. The van der Waals surface area contributed by atoms with Crippen LogP contribution in [0.25, 0.3) is 0 Å². The summed E-state index contributed by atoms with van der Waals surface area (Å²) in [7, 11) is 2.59. The monoisotopic (exact) mass is 626 g/mol. The van der Waals surface area contributed by atoms with Crippen LogP contribution < -0.4 is 22.2 Å². The number of aromatic amines is 1. The van der Waals surface area contributed by atoms with Crippen molar-refractivity contribution in [3.63, 3.8) is 0 Å². The maximum absolute atomic E-state index is 13.5. The highest BCUT2D eigenvalue weighted by Gasteiger charge is 2.66. The second-order valence-corrected chi connectivity index (χ2v) is 12.1. The molecular formula is C22H26N8O8S3. The van der Waals surface area contributed by atoms with E-state index in [1.807, 2.05) is 13.8 Å². The van der Waals surface area contributed by atoms with Crippen molar-refractivity contribution in [1.82, 2.24) is 30.0 Å². The van der Waals surface area contributed by atoms with Crippen LogP contribution in [-0.2, 0) is 31.0 Å². The van der Waals surface area contributed by atoms with Crippen molar-refractivity contribution in [2.24, 2.45) is 18.1 Å². The van der Waals surface area contributed by atoms with Gasteiger partial charge in [-0.2, -0.15) is 0 Å². The number of thioether (sulfide) groups is 2. The number of H-pyrrole nitrogens is 1. The summed E-state index contributed by atoms with van der Waals surface area (Å²) >= 11 is 3.28. The Kier molecular flexibility index (Phi) is 8.90. The molecule has 0 spiro atoms. The first-order valence-electron chi connectivity index (χ1n) is 11.9. The fourth-order valence-electron chi connectivity index (χ4n) is 3.88. The molecule has 2 atom stereocenters. The Bertz CT molecular complexity index is 1560. The smallest absolute Gasteiger partial charge is 0.352 e. The molecule has 2 unspecified atom stereocenters. The summed E-state index contributed by atoms with van der Waals surface area (Å²) in [5.74, 6) is -2.67. The minimum absolute atomic E-state index is 0.0546. The zero-order valence-corrected chi connectivity index (χ0v) is 24.6. The lowest BCUT2D eigenvalue weighted by molar-refractivity contribution is -0.191. The number of fused-ring (bicyclic) bond motifs is 1. The molecule has 0 radical (unpaired) electrons. The van der Waals surface area contributed by atoms with Crippen LogP contribution in [0.15, 0.2) is 36.6 Å². The van der Waals surface area contributed by atoms with Crippen molar-refractivity contribution in [3.05, 3.63) is 43.1 Å². The topological polar surface area (TPSA) is 224 Å². The predicted molar refractivity (Wildman–Crippen MR) is 150 cm³/mol. The minimum Gasteiger partial charge on any atom is -0.477 e. The number of aliphatic carboxylic acids is 1. The first-order valence-corrected chi connectivity index (χ1v) is 14.8. The van der Waals surface area contributed by atoms with E-state index in [1.54, 1.807) is 0 Å². The number of nitrogens with one attached hydrogen (secondary N) is 2. The van der Waals surface area contributed by atoms with Gasteiger partial charge in [-0.15, -0.1) is 28.2 Å². The number of ether oxygens (including phenoxy) is 1. The van der Waals surface area contributed by atoms with E-state index in [0.29, 0.717) is 5.57 Å².